The minimum Gasteiger partial charge on any atom is -0.317 e. The molecular formula is C15H22N2. The number of hydrogen-bond acceptors (Lipinski definition) is 2. The number of fused-ring (bicyclic) bond motifs is 1. The zero-order valence-electron chi connectivity index (χ0n) is 10.4. The monoisotopic (exact) mass is 230 g/mol. The first-order valence-electron chi connectivity index (χ1n) is 6.93. The molecule has 2 nitrogen and oxygen atoms in total. The number of hydrogen-bond donors (Lipinski definition) is 2. The Bertz CT molecular complexity index is 369. The Labute approximate surface area is 104 Å². The third-order valence-electron chi connectivity index (χ3n) is 4.24. The van der Waals surface area contributed by atoms with Gasteiger partial charge in [-0.05, 0) is 55.9 Å². The molecule has 0 spiro atoms. The molecule has 0 bridgehead atoms. The average Bonchev–Trinajstić information content (AvgIpc) is 2.36. The van der Waals surface area contributed by atoms with Crippen LogP contribution in [-0.4, -0.2) is 26.2 Å². The Balaban J connectivity index is 1.41. The molecular weight excluding hydrogens is 208 g/mol. The Morgan fingerprint density at radius 1 is 1.12 bits per heavy atom. The van der Waals surface area contributed by atoms with Gasteiger partial charge in [-0.25, -0.2) is 0 Å². The quantitative estimate of drug-likeness (QED) is 0.825. The number of nitrogens with one attached hydrogen (secondary N) is 2. The molecule has 1 aromatic rings. The van der Waals surface area contributed by atoms with Crippen molar-refractivity contribution in [1.82, 2.24) is 10.6 Å². The highest BCUT2D eigenvalue weighted by atomic mass is 14.9. The first kappa shape index (κ1) is 11.2. The van der Waals surface area contributed by atoms with Crippen molar-refractivity contribution in [2.24, 2.45) is 5.92 Å². The van der Waals surface area contributed by atoms with E-state index in [9.17, 15) is 0 Å². The van der Waals surface area contributed by atoms with Gasteiger partial charge in [0, 0.05) is 12.5 Å². The van der Waals surface area contributed by atoms with E-state index < -0.39 is 0 Å². The van der Waals surface area contributed by atoms with Crippen LogP contribution in [0.15, 0.2) is 24.3 Å². The van der Waals surface area contributed by atoms with Crippen molar-refractivity contribution in [2.75, 3.05) is 26.2 Å². The molecule has 1 aromatic carbocycles. The third kappa shape index (κ3) is 2.53. The maximum absolute atomic E-state index is 3.67. The van der Waals surface area contributed by atoms with Gasteiger partial charge in [0.1, 0.15) is 0 Å². The van der Waals surface area contributed by atoms with E-state index in [2.05, 4.69) is 34.9 Å². The first-order valence-corrected chi connectivity index (χ1v) is 6.93. The second-order valence-corrected chi connectivity index (χ2v) is 5.45. The second-order valence-electron chi connectivity index (χ2n) is 5.45. The number of benzene rings is 1. The lowest BCUT2D eigenvalue weighted by atomic mass is 9.77. The van der Waals surface area contributed by atoms with Crippen molar-refractivity contribution in [3.8, 4) is 0 Å². The zero-order chi connectivity index (χ0) is 11.5. The summed E-state index contributed by atoms with van der Waals surface area (Å²) in [5, 5.41) is 7.09. The van der Waals surface area contributed by atoms with Gasteiger partial charge in [0.15, 0.2) is 0 Å². The van der Waals surface area contributed by atoms with Crippen molar-refractivity contribution in [3.05, 3.63) is 35.4 Å². The molecule has 1 unspecified atom stereocenters. The Morgan fingerprint density at radius 2 is 1.94 bits per heavy atom. The van der Waals surface area contributed by atoms with E-state index in [0.29, 0.717) is 0 Å². The second kappa shape index (κ2) is 5.19. The minimum absolute atomic E-state index is 0.771. The topological polar surface area (TPSA) is 24.1 Å². The normalized spacial score (nSPS) is 24.1. The molecule has 1 saturated heterocycles. The molecule has 2 aliphatic rings. The lowest BCUT2D eigenvalue weighted by Gasteiger charge is -2.31. The predicted octanol–water partition coefficient (Wildman–Crippen LogP) is 1.92. The molecule has 1 fully saturated rings. The van der Waals surface area contributed by atoms with Crippen LogP contribution in [0, 0.1) is 5.92 Å². The Morgan fingerprint density at radius 3 is 2.76 bits per heavy atom. The van der Waals surface area contributed by atoms with Crippen LogP contribution in [0.25, 0.3) is 0 Å². The third-order valence-corrected chi connectivity index (χ3v) is 4.24. The van der Waals surface area contributed by atoms with Gasteiger partial charge in [0.2, 0.25) is 0 Å². The van der Waals surface area contributed by atoms with E-state index in [1.165, 1.54) is 45.4 Å². The maximum atomic E-state index is 3.67. The Hall–Kier alpha value is -0.860. The lowest BCUT2D eigenvalue weighted by Crippen LogP contribution is -2.36. The van der Waals surface area contributed by atoms with Gasteiger partial charge in [-0.3, -0.25) is 0 Å². The molecule has 1 aliphatic carbocycles. The molecule has 1 atom stereocenters. The molecule has 0 aromatic heterocycles. The van der Waals surface area contributed by atoms with Crippen LogP contribution in [0.2, 0.25) is 0 Å². The highest BCUT2D eigenvalue weighted by molar-refractivity contribution is 5.40. The molecule has 2 heteroatoms. The minimum atomic E-state index is 0.771. The summed E-state index contributed by atoms with van der Waals surface area (Å²) in [7, 11) is 0. The van der Waals surface area contributed by atoms with E-state index in [-0.39, 0.29) is 0 Å². The van der Waals surface area contributed by atoms with Crippen LogP contribution >= 0.6 is 0 Å². The van der Waals surface area contributed by atoms with E-state index in [0.717, 1.165) is 11.8 Å². The molecule has 3 rings (SSSR count). The van der Waals surface area contributed by atoms with Crippen LogP contribution in [0.5, 0.6) is 0 Å². The fourth-order valence-electron chi connectivity index (χ4n) is 3.09. The van der Waals surface area contributed by atoms with Gasteiger partial charge in [0.05, 0.1) is 0 Å². The van der Waals surface area contributed by atoms with E-state index in [4.69, 9.17) is 0 Å². The average molecular weight is 230 g/mol. The van der Waals surface area contributed by atoms with Gasteiger partial charge >= 0.3 is 0 Å². The fraction of sp³-hybridized carbons (Fsp3) is 0.600. The van der Waals surface area contributed by atoms with Crippen LogP contribution in [0.1, 0.15) is 29.9 Å². The van der Waals surface area contributed by atoms with Crippen LogP contribution in [0.3, 0.4) is 0 Å². The summed E-state index contributed by atoms with van der Waals surface area (Å²) in [6, 6.07) is 8.86. The zero-order valence-corrected chi connectivity index (χ0v) is 10.4. The summed E-state index contributed by atoms with van der Waals surface area (Å²) >= 11 is 0. The van der Waals surface area contributed by atoms with Crippen molar-refractivity contribution < 1.29 is 0 Å². The van der Waals surface area contributed by atoms with Crippen molar-refractivity contribution in [2.45, 2.75) is 25.2 Å². The SMILES string of the molecule is c1ccc2c(c1)CC2CNCC1CCNCC1. The molecule has 2 N–H and O–H groups in total. The fourth-order valence-corrected chi connectivity index (χ4v) is 3.09. The Kier molecular flexibility index (Phi) is 3.44. The summed E-state index contributed by atoms with van der Waals surface area (Å²) in [4.78, 5) is 0. The highest BCUT2D eigenvalue weighted by Crippen LogP contribution is 2.34. The van der Waals surface area contributed by atoms with Crippen LogP contribution < -0.4 is 10.6 Å². The molecule has 0 amide bonds. The summed E-state index contributed by atoms with van der Waals surface area (Å²) in [6.45, 7) is 4.79. The standard InChI is InChI=1S/C15H22N2/c1-2-4-15-13(3-1)9-14(15)11-17-10-12-5-7-16-8-6-12/h1-4,12,14,16-17H,5-11H2. The van der Waals surface area contributed by atoms with E-state index >= 15 is 0 Å². The summed E-state index contributed by atoms with van der Waals surface area (Å²) in [5.41, 5.74) is 3.13. The van der Waals surface area contributed by atoms with Crippen LogP contribution in [0.4, 0.5) is 0 Å². The molecule has 0 radical (unpaired) electrons. The molecule has 0 saturated carbocycles. The summed E-state index contributed by atoms with van der Waals surface area (Å²) in [5.74, 6) is 1.67. The number of piperidine rings is 1. The first-order chi connectivity index (χ1) is 8.43. The molecule has 1 heterocycles. The molecule has 92 valence electrons. The van der Waals surface area contributed by atoms with Gasteiger partial charge in [-0.2, -0.15) is 0 Å². The van der Waals surface area contributed by atoms with Crippen molar-refractivity contribution >= 4 is 0 Å². The lowest BCUT2D eigenvalue weighted by molar-refractivity contribution is 0.351. The van der Waals surface area contributed by atoms with Crippen molar-refractivity contribution in [1.29, 1.82) is 0 Å². The molecule has 17 heavy (non-hydrogen) atoms. The van der Waals surface area contributed by atoms with Gasteiger partial charge in [-0.1, -0.05) is 24.3 Å². The van der Waals surface area contributed by atoms with Gasteiger partial charge in [-0.15, -0.1) is 0 Å². The highest BCUT2D eigenvalue weighted by Gasteiger charge is 2.25. The summed E-state index contributed by atoms with van der Waals surface area (Å²) < 4.78 is 0. The summed E-state index contributed by atoms with van der Waals surface area (Å²) in [6.07, 6.45) is 3.96. The smallest absolute Gasteiger partial charge is 0.00235 e. The molecule has 1 aliphatic heterocycles. The maximum Gasteiger partial charge on any atom is 0.00235 e. The van der Waals surface area contributed by atoms with Crippen LogP contribution in [-0.2, 0) is 6.42 Å². The van der Waals surface area contributed by atoms with Gasteiger partial charge < -0.3 is 10.6 Å². The largest absolute Gasteiger partial charge is 0.317 e. The van der Waals surface area contributed by atoms with E-state index in [1.54, 1.807) is 11.1 Å². The number of rotatable bonds is 4. The van der Waals surface area contributed by atoms with Crippen molar-refractivity contribution in [3.63, 3.8) is 0 Å². The van der Waals surface area contributed by atoms with E-state index in [1.807, 2.05) is 0 Å². The predicted molar refractivity (Wildman–Crippen MR) is 71.4 cm³/mol. The van der Waals surface area contributed by atoms with Gasteiger partial charge in [0.25, 0.3) is 0 Å².